The Balaban J connectivity index is 1.68. The maximum Gasteiger partial charge on any atom is 0.352 e. The number of fused-ring (bicyclic) bond motifs is 1. The summed E-state index contributed by atoms with van der Waals surface area (Å²) in [6.07, 6.45) is 1.40. The van der Waals surface area contributed by atoms with Gasteiger partial charge in [0, 0.05) is 15.4 Å². The molecule has 0 radical (unpaired) electrons. The van der Waals surface area contributed by atoms with Gasteiger partial charge < -0.3 is 14.8 Å². The highest BCUT2D eigenvalue weighted by atomic mass is 79.9. The molecule has 0 unspecified atom stereocenters. The Morgan fingerprint density at radius 3 is 2.61 bits per heavy atom. The maximum atomic E-state index is 11.4. The second-order valence-corrected chi connectivity index (χ2v) is 6.15. The highest BCUT2D eigenvalue weighted by Gasteiger charge is 2.16. The molecule has 0 spiro atoms. The van der Waals surface area contributed by atoms with Gasteiger partial charge in [0.05, 0.1) is 6.61 Å². The average Bonchev–Trinajstić information content (AvgIpc) is 2.92. The van der Waals surface area contributed by atoms with Crippen LogP contribution in [0.25, 0.3) is 10.9 Å². The molecule has 0 amide bonds. The Bertz CT molecular complexity index is 824. The third-order valence-electron chi connectivity index (χ3n) is 3.68. The fourth-order valence-corrected chi connectivity index (χ4v) is 2.88. The number of rotatable bonds is 6. The number of carboxylic acids is 1. The van der Waals surface area contributed by atoms with E-state index < -0.39 is 5.97 Å². The molecule has 5 heteroatoms. The molecule has 0 saturated carbocycles. The fourth-order valence-electron chi connectivity index (χ4n) is 2.61. The lowest BCUT2D eigenvalue weighted by Gasteiger charge is -2.06. The number of aromatic amines is 1. The summed E-state index contributed by atoms with van der Waals surface area (Å²) < 4.78 is 6.70. The number of aromatic carboxylic acids is 1. The van der Waals surface area contributed by atoms with Gasteiger partial charge in [-0.25, -0.2) is 4.79 Å². The molecule has 4 nitrogen and oxygen atoms in total. The predicted molar refractivity (Wildman–Crippen MR) is 93.2 cm³/mol. The van der Waals surface area contributed by atoms with E-state index >= 15 is 0 Å². The quantitative estimate of drug-likeness (QED) is 0.618. The molecule has 0 aliphatic rings. The van der Waals surface area contributed by atoms with Gasteiger partial charge >= 0.3 is 5.97 Å². The van der Waals surface area contributed by atoms with Crippen LogP contribution in [-0.4, -0.2) is 22.7 Å². The van der Waals surface area contributed by atoms with Gasteiger partial charge in [0.25, 0.3) is 0 Å². The van der Waals surface area contributed by atoms with Crippen molar-refractivity contribution in [3.63, 3.8) is 0 Å². The SMILES string of the molecule is O=C(O)c1[nH]c2ccccc2c1CCCOc1ccc(Br)cc1. The van der Waals surface area contributed by atoms with E-state index in [1.807, 2.05) is 48.5 Å². The smallest absolute Gasteiger partial charge is 0.352 e. The standard InChI is InChI=1S/C18H16BrNO3/c19-12-7-9-13(10-8-12)23-11-3-5-15-14-4-1-2-6-16(14)20-17(15)18(21)22/h1-2,4,6-10,20H,3,5,11H2,(H,21,22). The van der Waals surface area contributed by atoms with E-state index in [0.29, 0.717) is 13.0 Å². The van der Waals surface area contributed by atoms with Crippen LogP contribution in [-0.2, 0) is 6.42 Å². The van der Waals surface area contributed by atoms with Crippen molar-refractivity contribution >= 4 is 32.8 Å². The highest BCUT2D eigenvalue weighted by Crippen LogP contribution is 2.24. The number of aryl methyl sites for hydroxylation is 1. The van der Waals surface area contributed by atoms with Gasteiger partial charge in [-0.15, -0.1) is 0 Å². The first-order valence-electron chi connectivity index (χ1n) is 7.36. The summed E-state index contributed by atoms with van der Waals surface area (Å²) in [4.78, 5) is 14.4. The zero-order valence-corrected chi connectivity index (χ0v) is 14.0. The molecule has 2 N–H and O–H groups in total. The van der Waals surface area contributed by atoms with Gasteiger partial charge in [-0.1, -0.05) is 34.1 Å². The number of H-pyrrole nitrogens is 1. The molecular formula is C18H16BrNO3. The van der Waals surface area contributed by atoms with Crippen molar-refractivity contribution in [2.24, 2.45) is 0 Å². The van der Waals surface area contributed by atoms with E-state index in [0.717, 1.165) is 33.1 Å². The largest absolute Gasteiger partial charge is 0.494 e. The summed E-state index contributed by atoms with van der Waals surface area (Å²) in [5, 5.41) is 10.3. The summed E-state index contributed by atoms with van der Waals surface area (Å²) in [7, 11) is 0. The Labute approximate surface area is 142 Å². The van der Waals surface area contributed by atoms with E-state index in [9.17, 15) is 9.90 Å². The van der Waals surface area contributed by atoms with Crippen LogP contribution in [0.4, 0.5) is 0 Å². The van der Waals surface area contributed by atoms with Crippen LogP contribution in [0.1, 0.15) is 22.5 Å². The van der Waals surface area contributed by atoms with Crippen LogP contribution in [0, 0.1) is 0 Å². The lowest BCUT2D eigenvalue weighted by atomic mass is 10.1. The first-order valence-corrected chi connectivity index (χ1v) is 8.15. The Morgan fingerprint density at radius 1 is 1.13 bits per heavy atom. The molecule has 1 heterocycles. The number of nitrogens with one attached hydrogen (secondary N) is 1. The fraction of sp³-hybridized carbons (Fsp3) is 0.167. The highest BCUT2D eigenvalue weighted by molar-refractivity contribution is 9.10. The number of carbonyl (C=O) groups is 1. The van der Waals surface area contributed by atoms with Crippen molar-refractivity contribution in [3.8, 4) is 5.75 Å². The molecule has 3 aromatic rings. The molecule has 118 valence electrons. The first kappa shape index (κ1) is 15.6. The van der Waals surface area contributed by atoms with Crippen molar-refractivity contribution in [2.45, 2.75) is 12.8 Å². The number of hydrogen-bond acceptors (Lipinski definition) is 2. The number of carboxylic acid groups (broad SMARTS) is 1. The zero-order valence-electron chi connectivity index (χ0n) is 12.4. The molecule has 1 aromatic heterocycles. The third kappa shape index (κ3) is 3.56. The van der Waals surface area contributed by atoms with Gasteiger partial charge in [0.2, 0.25) is 0 Å². The lowest BCUT2D eigenvalue weighted by Crippen LogP contribution is -2.04. The van der Waals surface area contributed by atoms with Gasteiger partial charge in [0.15, 0.2) is 0 Å². The van der Waals surface area contributed by atoms with Crippen molar-refractivity contribution < 1.29 is 14.6 Å². The Hall–Kier alpha value is -2.27. The van der Waals surface area contributed by atoms with Crippen molar-refractivity contribution in [2.75, 3.05) is 6.61 Å². The van der Waals surface area contributed by atoms with Crippen LogP contribution in [0.5, 0.6) is 5.75 Å². The van der Waals surface area contributed by atoms with Crippen LogP contribution < -0.4 is 4.74 Å². The maximum absolute atomic E-state index is 11.4. The van der Waals surface area contributed by atoms with Crippen LogP contribution in [0.3, 0.4) is 0 Å². The number of para-hydroxylation sites is 1. The molecule has 3 rings (SSSR count). The van der Waals surface area contributed by atoms with E-state index in [2.05, 4.69) is 20.9 Å². The molecule has 2 aromatic carbocycles. The minimum Gasteiger partial charge on any atom is -0.494 e. The van der Waals surface area contributed by atoms with Crippen molar-refractivity contribution in [1.82, 2.24) is 4.98 Å². The minimum absolute atomic E-state index is 0.273. The van der Waals surface area contributed by atoms with E-state index in [-0.39, 0.29) is 5.69 Å². The molecule has 0 aliphatic heterocycles. The van der Waals surface area contributed by atoms with Gasteiger partial charge in [-0.2, -0.15) is 0 Å². The molecule has 0 bridgehead atoms. The summed E-state index contributed by atoms with van der Waals surface area (Å²) in [6, 6.07) is 15.3. The van der Waals surface area contributed by atoms with Crippen molar-refractivity contribution in [3.05, 3.63) is 64.3 Å². The molecule has 0 aliphatic carbocycles. The van der Waals surface area contributed by atoms with E-state index in [1.165, 1.54) is 0 Å². The van der Waals surface area contributed by atoms with Gasteiger partial charge in [-0.05, 0) is 48.7 Å². The lowest BCUT2D eigenvalue weighted by molar-refractivity contribution is 0.0690. The first-order chi connectivity index (χ1) is 11.1. The van der Waals surface area contributed by atoms with Gasteiger partial charge in [-0.3, -0.25) is 0 Å². The monoisotopic (exact) mass is 373 g/mol. The number of benzene rings is 2. The normalized spacial score (nSPS) is 10.8. The number of ether oxygens (including phenoxy) is 1. The topological polar surface area (TPSA) is 62.3 Å². The summed E-state index contributed by atoms with van der Waals surface area (Å²) in [6.45, 7) is 0.542. The van der Waals surface area contributed by atoms with Crippen LogP contribution in [0.2, 0.25) is 0 Å². The second kappa shape index (κ2) is 6.87. The van der Waals surface area contributed by atoms with Crippen LogP contribution in [0.15, 0.2) is 53.0 Å². The third-order valence-corrected chi connectivity index (χ3v) is 4.21. The number of halogens is 1. The zero-order chi connectivity index (χ0) is 16.2. The molecule has 0 saturated heterocycles. The number of aromatic nitrogens is 1. The van der Waals surface area contributed by atoms with Crippen molar-refractivity contribution in [1.29, 1.82) is 0 Å². The summed E-state index contributed by atoms with van der Waals surface area (Å²) in [5.41, 5.74) is 1.97. The van der Waals surface area contributed by atoms with Crippen LogP contribution >= 0.6 is 15.9 Å². The molecule has 23 heavy (non-hydrogen) atoms. The Morgan fingerprint density at radius 2 is 1.87 bits per heavy atom. The Kier molecular flexibility index (Phi) is 4.67. The second-order valence-electron chi connectivity index (χ2n) is 5.24. The summed E-state index contributed by atoms with van der Waals surface area (Å²) >= 11 is 3.38. The van der Waals surface area contributed by atoms with Gasteiger partial charge in [0.1, 0.15) is 11.4 Å². The molecule has 0 atom stereocenters. The average molecular weight is 374 g/mol. The molecular weight excluding hydrogens is 358 g/mol. The number of hydrogen-bond donors (Lipinski definition) is 2. The van der Waals surface area contributed by atoms with E-state index in [1.54, 1.807) is 0 Å². The minimum atomic E-state index is -0.926. The predicted octanol–water partition coefficient (Wildman–Crippen LogP) is 4.64. The molecule has 0 fully saturated rings. The van der Waals surface area contributed by atoms with E-state index in [4.69, 9.17) is 4.74 Å². The summed E-state index contributed by atoms with van der Waals surface area (Å²) in [5.74, 6) is -0.115.